The molecular weight excluding hydrogens is 212 g/mol. The topological polar surface area (TPSA) is 89.3 Å². The Morgan fingerprint density at radius 2 is 2.07 bits per heavy atom. The van der Waals surface area contributed by atoms with Crippen molar-refractivity contribution in [3.63, 3.8) is 0 Å². The largest absolute Gasteiger partial charge is 0.392 e. The number of thioether (sulfide) groups is 1. The highest BCUT2D eigenvalue weighted by molar-refractivity contribution is 7.99. The maximum atomic E-state index is 10.9. The summed E-state index contributed by atoms with van der Waals surface area (Å²) in [5.41, 5.74) is 9.94. The van der Waals surface area contributed by atoms with Gasteiger partial charge in [-0.25, -0.2) is 0 Å². The Morgan fingerprint density at radius 1 is 1.53 bits per heavy atom. The normalized spacial score (nSPS) is 19.3. The van der Waals surface area contributed by atoms with Crippen LogP contribution in [0.4, 0.5) is 0 Å². The lowest BCUT2D eigenvalue weighted by atomic mass is 9.97. The van der Waals surface area contributed by atoms with Crippen LogP contribution in [-0.2, 0) is 4.79 Å². The lowest BCUT2D eigenvalue weighted by Crippen LogP contribution is -2.49. The van der Waals surface area contributed by atoms with Gasteiger partial charge in [-0.15, -0.1) is 0 Å². The standard InChI is InChI=1S/C10H22N2O2S/c1-7(13)8(2)15-6-4-5-10(3,12)9(11)14/h7-8,13H,4-6,12H2,1-3H3,(H2,11,14). The van der Waals surface area contributed by atoms with Crippen molar-refractivity contribution in [1.82, 2.24) is 0 Å². The molecule has 0 aliphatic carbocycles. The number of amides is 1. The summed E-state index contributed by atoms with van der Waals surface area (Å²) < 4.78 is 0. The number of hydrogen-bond donors (Lipinski definition) is 3. The van der Waals surface area contributed by atoms with Gasteiger partial charge >= 0.3 is 0 Å². The molecule has 0 aromatic carbocycles. The fourth-order valence-electron chi connectivity index (χ4n) is 0.971. The molecular formula is C10H22N2O2S. The molecule has 1 amide bonds. The zero-order valence-corrected chi connectivity index (χ0v) is 10.5. The Hall–Kier alpha value is -0.260. The first-order chi connectivity index (χ1) is 6.77. The van der Waals surface area contributed by atoms with Crippen LogP contribution >= 0.6 is 11.8 Å². The predicted molar refractivity (Wildman–Crippen MR) is 64.6 cm³/mol. The van der Waals surface area contributed by atoms with E-state index in [2.05, 4.69) is 0 Å². The SMILES string of the molecule is CC(O)C(C)SCCCC(C)(N)C(N)=O. The van der Waals surface area contributed by atoms with Crippen LogP contribution in [0.3, 0.4) is 0 Å². The molecule has 0 saturated carbocycles. The summed E-state index contributed by atoms with van der Waals surface area (Å²) in [4.78, 5) is 10.9. The van der Waals surface area contributed by atoms with E-state index in [9.17, 15) is 9.90 Å². The van der Waals surface area contributed by atoms with Crippen LogP contribution in [0.15, 0.2) is 0 Å². The molecule has 0 fully saturated rings. The zero-order valence-electron chi connectivity index (χ0n) is 9.69. The molecule has 5 heteroatoms. The summed E-state index contributed by atoms with van der Waals surface area (Å²) in [7, 11) is 0. The van der Waals surface area contributed by atoms with E-state index in [4.69, 9.17) is 11.5 Å². The average molecular weight is 234 g/mol. The van der Waals surface area contributed by atoms with Crippen molar-refractivity contribution in [1.29, 1.82) is 0 Å². The third kappa shape index (κ3) is 6.02. The summed E-state index contributed by atoms with van der Waals surface area (Å²) >= 11 is 1.68. The summed E-state index contributed by atoms with van der Waals surface area (Å²) in [5.74, 6) is 0.419. The van der Waals surface area contributed by atoms with Crippen molar-refractivity contribution in [3.05, 3.63) is 0 Å². The third-order valence-electron chi connectivity index (χ3n) is 2.46. The van der Waals surface area contributed by atoms with E-state index in [0.717, 1.165) is 12.2 Å². The van der Waals surface area contributed by atoms with E-state index in [1.54, 1.807) is 25.6 Å². The number of rotatable bonds is 7. The first kappa shape index (κ1) is 14.7. The van der Waals surface area contributed by atoms with Gasteiger partial charge in [-0.05, 0) is 32.4 Å². The smallest absolute Gasteiger partial charge is 0.237 e. The van der Waals surface area contributed by atoms with Crippen LogP contribution in [0.5, 0.6) is 0 Å². The van der Waals surface area contributed by atoms with Gasteiger partial charge in [-0.1, -0.05) is 6.92 Å². The molecule has 0 bridgehead atoms. The third-order valence-corrected chi connectivity index (χ3v) is 3.91. The molecule has 0 spiro atoms. The minimum Gasteiger partial charge on any atom is -0.392 e. The van der Waals surface area contributed by atoms with E-state index in [1.165, 1.54) is 0 Å². The highest BCUT2D eigenvalue weighted by Gasteiger charge is 2.24. The van der Waals surface area contributed by atoms with Gasteiger partial charge < -0.3 is 16.6 Å². The minimum atomic E-state index is -0.908. The van der Waals surface area contributed by atoms with Crippen molar-refractivity contribution in [2.75, 3.05) is 5.75 Å². The number of aliphatic hydroxyl groups excluding tert-OH is 1. The predicted octanol–water partition coefficient (Wildman–Crippen LogP) is 0.472. The van der Waals surface area contributed by atoms with Crippen LogP contribution in [0.1, 0.15) is 33.6 Å². The van der Waals surface area contributed by atoms with E-state index in [1.807, 2.05) is 6.92 Å². The molecule has 0 heterocycles. The molecule has 90 valence electrons. The van der Waals surface area contributed by atoms with Gasteiger partial charge in [0.25, 0.3) is 0 Å². The fraction of sp³-hybridized carbons (Fsp3) is 0.900. The van der Waals surface area contributed by atoms with Gasteiger partial charge in [0, 0.05) is 5.25 Å². The summed E-state index contributed by atoms with van der Waals surface area (Å²) in [5, 5.41) is 9.46. The van der Waals surface area contributed by atoms with E-state index < -0.39 is 11.4 Å². The number of carbonyl (C=O) groups is 1. The summed E-state index contributed by atoms with van der Waals surface area (Å²) in [6.45, 7) is 5.40. The number of carbonyl (C=O) groups excluding carboxylic acids is 1. The molecule has 0 aromatic rings. The van der Waals surface area contributed by atoms with E-state index in [0.29, 0.717) is 6.42 Å². The Labute approximate surface area is 95.8 Å². The van der Waals surface area contributed by atoms with Gasteiger partial charge in [0.1, 0.15) is 0 Å². The van der Waals surface area contributed by atoms with Crippen molar-refractivity contribution >= 4 is 17.7 Å². The maximum absolute atomic E-state index is 10.9. The Balaban J connectivity index is 3.68. The second-order valence-electron chi connectivity index (χ2n) is 4.20. The lowest BCUT2D eigenvalue weighted by Gasteiger charge is -2.20. The van der Waals surface area contributed by atoms with Crippen molar-refractivity contribution in [2.24, 2.45) is 11.5 Å². The van der Waals surface area contributed by atoms with Gasteiger partial charge in [0.2, 0.25) is 5.91 Å². The second-order valence-corrected chi connectivity index (χ2v) is 5.69. The van der Waals surface area contributed by atoms with E-state index in [-0.39, 0.29) is 11.4 Å². The van der Waals surface area contributed by atoms with Crippen LogP contribution in [0.25, 0.3) is 0 Å². The molecule has 3 unspecified atom stereocenters. The van der Waals surface area contributed by atoms with Crippen LogP contribution in [0, 0.1) is 0 Å². The second kappa shape index (κ2) is 6.35. The summed E-state index contributed by atoms with van der Waals surface area (Å²) in [6, 6.07) is 0. The molecule has 5 N–H and O–H groups in total. The molecule has 0 aliphatic rings. The quantitative estimate of drug-likeness (QED) is 0.559. The fourth-order valence-corrected chi connectivity index (χ4v) is 1.93. The van der Waals surface area contributed by atoms with Crippen molar-refractivity contribution in [2.45, 2.75) is 50.5 Å². The van der Waals surface area contributed by atoms with Crippen LogP contribution in [-0.4, -0.2) is 33.7 Å². The first-order valence-electron chi connectivity index (χ1n) is 5.16. The number of nitrogens with two attached hydrogens (primary N) is 2. The Kier molecular flexibility index (Phi) is 6.24. The monoisotopic (exact) mass is 234 g/mol. The number of primary amides is 1. The molecule has 0 rings (SSSR count). The molecule has 0 saturated heterocycles. The van der Waals surface area contributed by atoms with Crippen molar-refractivity contribution < 1.29 is 9.90 Å². The number of aliphatic hydroxyl groups is 1. The zero-order chi connectivity index (χ0) is 12.1. The highest BCUT2D eigenvalue weighted by Crippen LogP contribution is 2.18. The average Bonchev–Trinajstić information content (AvgIpc) is 2.11. The maximum Gasteiger partial charge on any atom is 0.237 e. The van der Waals surface area contributed by atoms with Gasteiger partial charge in [-0.3, -0.25) is 4.79 Å². The van der Waals surface area contributed by atoms with Crippen LogP contribution < -0.4 is 11.5 Å². The van der Waals surface area contributed by atoms with Gasteiger partial charge in [0.05, 0.1) is 11.6 Å². The lowest BCUT2D eigenvalue weighted by molar-refractivity contribution is -0.122. The van der Waals surface area contributed by atoms with Crippen molar-refractivity contribution in [3.8, 4) is 0 Å². The molecule has 3 atom stereocenters. The van der Waals surface area contributed by atoms with Crippen LogP contribution in [0.2, 0.25) is 0 Å². The minimum absolute atomic E-state index is 0.211. The highest BCUT2D eigenvalue weighted by atomic mass is 32.2. The van der Waals surface area contributed by atoms with Gasteiger partial charge in [0.15, 0.2) is 0 Å². The molecule has 4 nitrogen and oxygen atoms in total. The number of hydrogen-bond acceptors (Lipinski definition) is 4. The summed E-state index contributed by atoms with van der Waals surface area (Å²) in [6.07, 6.45) is 1.11. The first-order valence-corrected chi connectivity index (χ1v) is 6.20. The van der Waals surface area contributed by atoms with Gasteiger partial charge in [-0.2, -0.15) is 11.8 Å². The molecule has 0 radical (unpaired) electrons. The van der Waals surface area contributed by atoms with E-state index >= 15 is 0 Å². The Bertz CT molecular complexity index is 208. The molecule has 15 heavy (non-hydrogen) atoms. The Morgan fingerprint density at radius 3 is 2.47 bits per heavy atom. The molecule has 0 aromatic heterocycles. The molecule has 0 aliphatic heterocycles.